The fourth-order valence-corrected chi connectivity index (χ4v) is 1.91. The highest BCUT2D eigenvalue weighted by Crippen LogP contribution is 2.26. The molecule has 15 heavy (non-hydrogen) atoms. The number of rotatable bonds is 5. The van der Waals surface area contributed by atoms with E-state index in [0.717, 1.165) is 23.9 Å². The molecule has 0 amide bonds. The molecule has 1 aromatic carbocycles. The maximum Gasteiger partial charge on any atom is 0.0175 e. The molecular formula is C13H20BrN. The van der Waals surface area contributed by atoms with Crippen LogP contribution in [0.3, 0.4) is 0 Å². The Labute approximate surface area is 101 Å². The summed E-state index contributed by atoms with van der Waals surface area (Å²) in [6.07, 6.45) is 3.44. The van der Waals surface area contributed by atoms with Crippen LogP contribution in [0.15, 0.2) is 28.7 Å². The van der Waals surface area contributed by atoms with Crippen LogP contribution in [0.25, 0.3) is 0 Å². The SMILES string of the molecule is CC(C)(CCN)CCc1ccc(Br)cc1. The van der Waals surface area contributed by atoms with E-state index in [2.05, 4.69) is 54.0 Å². The van der Waals surface area contributed by atoms with Crippen LogP contribution in [0.5, 0.6) is 0 Å². The van der Waals surface area contributed by atoms with Crippen LogP contribution in [-0.4, -0.2) is 6.54 Å². The number of nitrogens with two attached hydrogens (primary N) is 1. The van der Waals surface area contributed by atoms with E-state index in [0.29, 0.717) is 5.41 Å². The molecule has 0 aliphatic carbocycles. The maximum absolute atomic E-state index is 5.60. The van der Waals surface area contributed by atoms with Crippen LogP contribution in [0, 0.1) is 5.41 Å². The lowest BCUT2D eigenvalue weighted by Gasteiger charge is -2.23. The summed E-state index contributed by atoms with van der Waals surface area (Å²) in [5.41, 5.74) is 7.37. The highest BCUT2D eigenvalue weighted by molar-refractivity contribution is 9.10. The molecule has 0 spiro atoms. The first-order valence-corrected chi connectivity index (χ1v) is 6.27. The van der Waals surface area contributed by atoms with Crippen molar-refractivity contribution in [2.24, 2.45) is 11.1 Å². The molecule has 84 valence electrons. The van der Waals surface area contributed by atoms with Crippen LogP contribution >= 0.6 is 15.9 Å². The topological polar surface area (TPSA) is 26.0 Å². The van der Waals surface area contributed by atoms with Gasteiger partial charge in [0, 0.05) is 4.47 Å². The van der Waals surface area contributed by atoms with Gasteiger partial charge < -0.3 is 5.73 Å². The van der Waals surface area contributed by atoms with E-state index in [1.165, 1.54) is 12.0 Å². The van der Waals surface area contributed by atoms with E-state index < -0.39 is 0 Å². The van der Waals surface area contributed by atoms with Crippen LogP contribution < -0.4 is 5.73 Å². The second-order valence-corrected chi connectivity index (χ2v) is 5.75. The monoisotopic (exact) mass is 269 g/mol. The van der Waals surface area contributed by atoms with Gasteiger partial charge in [0.25, 0.3) is 0 Å². The number of aryl methyl sites for hydroxylation is 1. The van der Waals surface area contributed by atoms with Crippen molar-refractivity contribution in [3.63, 3.8) is 0 Å². The summed E-state index contributed by atoms with van der Waals surface area (Å²) in [5, 5.41) is 0. The zero-order valence-corrected chi connectivity index (χ0v) is 11.2. The summed E-state index contributed by atoms with van der Waals surface area (Å²) in [6, 6.07) is 8.57. The number of hydrogen-bond acceptors (Lipinski definition) is 1. The fraction of sp³-hybridized carbons (Fsp3) is 0.538. The smallest absolute Gasteiger partial charge is 0.0175 e. The molecule has 0 heterocycles. The summed E-state index contributed by atoms with van der Waals surface area (Å²) in [6.45, 7) is 5.37. The molecule has 0 radical (unpaired) electrons. The van der Waals surface area contributed by atoms with E-state index >= 15 is 0 Å². The summed E-state index contributed by atoms with van der Waals surface area (Å²) >= 11 is 3.44. The zero-order chi connectivity index (χ0) is 11.3. The Balaban J connectivity index is 2.46. The molecule has 0 unspecified atom stereocenters. The van der Waals surface area contributed by atoms with Crippen LogP contribution in [0.1, 0.15) is 32.3 Å². The Bertz CT molecular complexity index is 290. The van der Waals surface area contributed by atoms with Gasteiger partial charge in [-0.05, 0) is 48.9 Å². The zero-order valence-electron chi connectivity index (χ0n) is 9.59. The van der Waals surface area contributed by atoms with Crippen molar-refractivity contribution in [2.45, 2.75) is 33.1 Å². The number of benzene rings is 1. The van der Waals surface area contributed by atoms with Gasteiger partial charge in [-0.15, -0.1) is 0 Å². The summed E-state index contributed by atoms with van der Waals surface area (Å²) in [5.74, 6) is 0. The molecule has 2 N–H and O–H groups in total. The fourth-order valence-electron chi connectivity index (χ4n) is 1.65. The summed E-state index contributed by atoms with van der Waals surface area (Å²) in [4.78, 5) is 0. The van der Waals surface area contributed by atoms with Crippen molar-refractivity contribution in [1.29, 1.82) is 0 Å². The molecule has 0 aromatic heterocycles. The summed E-state index contributed by atoms with van der Waals surface area (Å²) < 4.78 is 1.15. The molecule has 0 saturated carbocycles. The third-order valence-electron chi connectivity index (χ3n) is 2.82. The van der Waals surface area contributed by atoms with Crippen LogP contribution in [0.4, 0.5) is 0 Å². The quantitative estimate of drug-likeness (QED) is 0.866. The van der Waals surface area contributed by atoms with E-state index in [9.17, 15) is 0 Å². The minimum Gasteiger partial charge on any atom is -0.330 e. The van der Waals surface area contributed by atoms with Crippen molar-refractivity contribution < 1.29 is 0 Å². The lowest BCUT2D eigenvalue weighted by molar-refractivity contribution is 0.313. The van der Waals surface area contributed by atoms with Crippen LogP contribution in [0.2, 0.25) is 0 Å². The highest BCUT2D eigenvalue weighted by Gasteiger charge is 2.16. The minimum atomic E-state index is 0.363. The molecule has 1 aromatic rings. The minimum absolute atomic E-state index is 0.363. The Kier molecular flexibility index (Phi) is 4.81. The Morgan fingerprint density at radius 1 is 1.13 bits per heavy atom. The Hall–Kier alpha value is -0.340. The molecule has 0 bridgehead atoms. The third kappa shape index (κ3) is 4.80. The summed E-state index contributed by atoms with van der Waals surface area (Å²) in [7, 11) is 0. The van der Waals surface area contributed by atoms with E-state index in [-0.39, 0.29) is 0 Å². The average molecular weight is 270 g/mol. The normalized spacial score (nSPS) is 11.7. The second-order valence-electron chi connectivity index (χ2n) is 4.83. The molecule has 0 aliphatic rings. The van der Waals surface area contributed by atoms with E-state index in [1.54, 1.807) is 0 Å². The van der Waals surface area contributed by atoms with Crippen molar-refractivity contribution in [2.75, 3.05) is 6.54 Å². The van der Waals surface area contributed by atoms with Crippen molar-refractivity contribution in [3.05, 3.63) is 34.3 Å². The van der Waals surface area contributed by atoms with Gasteiger partial charge in [-0.1, -0.05) is 41.9 Å². The highest BCUT2D eigenvalue weighted by atomic mass is 79.9. The maximum atomic E-state index is 5.60. The van der Waals surface area contributed by atoms with E-state index in [4.69, 9.17) is 5.73 Å². The molecule has 1 rings (SSSR count). The largest absolute Gasteiger partial charge is 0.330 e. The number of halogens is 1. The van der Waals surface area contributed by atoms with Crippen LogP contribution in [-0.2, 0) is 6.42 Å². The van der Waals surface area contributed by atoms with Gasteiger partial charge in [0.05, 0.1) is 0 Å². The molecule has 1 nitrogen and oxygen atoms in total. The first-order chi connectivity index (χ1) is 7.03. The molecule has 0 fully saturated rings. The molecule has 0 aliphatic heterocycles. The molecule has 0 atom stereocenters. The van der Waals surface area contributed by atoms with Gasteiger partial charge in [-0.2, -0.15) is 0 Å². The Morgan fingerprint density at radius 3 is 2.27 bits per heavy atom. The van der Waals surface area contributed by atoms with Gasteiger partial charge in [0.1, 0.15) is 0 Å². The van der Waals surface area contributed by atoms with Gasteiger partial charge >= 0.3 is 0 Å². The molecular weight excluding hydrogens is 250 g/mol. The van der Waals surface area contributed by atoms with Gasteiger partial charge in [0.2, 0.25) is 0 Å². The van der Waals surface area contributed by atoms with Gasteiger partial charge in [-0.3, -0.25) is 0 Å². The second kappa shape index (κ2) is 5.66. The predicted molar refractivity (Wildman–Crippen MR) is 69.9 cm³/mol. The van der Waals surface area contributed by atoms with Gasteiger partial charge in [-0.25, -0.2) is 0 Å². The van der Waals surface area contributed by atoms with E-state index in [1.807, 2.05) is 0 Å². The first-order valence-electron chi connectivity index (χ1n) is 5.48. The van der Waals surface area contributed by atoms with Crippen molar-refractivity contribution in [1.82, 2.24) is 0 Å². The van der Waals surface area contributed by atoms with Crippen molar-refractivity contribution in [3.8, 4) is 0 Å². The lowest BCUT2D eigenvalue weighted by atomic mass is 9.83. The molecule has 0 saturated heterocycles. The molecule has 2 heteroatoms. The van der Waals surface area contributed by atoms with Crippen molar-refractivity contribution >= 4 is 15.9 Å². The number of hydrogen-bond donors (Lipinski definition) is 1. The Morgan fingerprint density at radius 2 is 1.73 bits per heavy atom. The first kappa shape index (κ1) is 12.7. The standard InChI is InChI=1S/C13H20BrN/c1-13(2,9-10-15)8-7-11-3-5-12(14)6-4-11/h3-6H,7-10,15H2,1-2H3. The average Bonchev–Trinajstić information content (AvgIpc) is 2.17. The van der Waals surface area contributed by atoms with Gasteiger partial charge in [0.15, 0.2) is 0 Å². The lowest BCUT2D eigenvalue weighted by Crippen LogP contribution is -2.17. The third-order valence-corrected chi connectivity index (χ3v) is 3.35. The predicted octanol–water partition coefficient (Wildman–Crippen LogP) is 3.76.